The minimum absolute atomic E-state index is 0.639. The van der Waals surface area contributed by atoms with Gasteiger partial charge in [0.1, 0.15) is 0 Å². The van der Waals surface area contributed by atoms with Crippen LogP contribution in [0.5, 0.6) is 0 Å². The second-order valence-corrected chi connectivity index (χ2v) is 1.77. The molecule has 0 heterocycles. The van der Waals surface area contributed by atoms with E-state index in [0.29, 0.717) is 5.92 Å². The van der Waals surface area contributed by atoms with Gasteiger partial charge in [0.25, 0.3) is 0 Å². The van der Waals surface area contributed by atoms with Gasteiger partial charge in [0.05, 0.1) is 0 Å². The van der Waals surface area contributed by atoms with Gasteiger partial charge in [-0.1, -0.05) is 26.7 Å². The lowest BCUT2D eigenvalue weighted by molar-refractivity contribution is 0.559. The molecule has 2 N–H and O–H groups in total. The fraction of sp³-hybridized carbons (Fsp3) is 0.833. The van der Waals surface area contributed by atoms with Crippen molar-refractivity contribution in [3.05, 3.63) is 6.54 Å². The molecule has 1 heteroatoms. The summed E-state index contributed by atoms with van der Waals surface area (Å²) in [6.45, 7) is 6.08. The average Bonchev–Trinajstić information content (AvgIpc) is 1.72. The molecule has 43 valence electrons. The maximum Gasteiger partial charge on any atom is 0.0223 e. The summed E-state index contributed by atoms with van der Waals surface area (Å²) in [7, 11) is 0. The highest BCUT2D eigenvalue weighted by atomic mass is 14.5. The van der Waals surface area contributed by atoms with E-state index in [1.165, 1.54) is 12.8 Å². The summed E-state index contributed by atoms with van der Waals surface area (Å²) in [5, 5.41) is 0. The van der Waals surface area contributed by atoms with Crippen molar-refractivity contribution in [1.82, 2.24) is 0 Å². The van der Waals surface area contributed by atoms with E-state index in [0.717, 1.165) is 0 Å². The lowest BCUT2D eigenvalue weighted by atomic mass is 10.0. The monoisotopic (exact) mass is 100 g/mol. The molecule has 0 atom stereocenters. The fourth-order valence-corrected chi connectivity index (χ4v) is 0.561. The van der Waals surface area contributed by atoms with Crippen molar-refractivity contribution < 1.29 is 0 Å². The van der Waals surface area contributed by atoms with Crippen LogP contribution in [0.3, 0.4) is 0 Å². The fourth-order valence-electron chi connectivity index (χ4n) is 0.561. The van der Waals surface area contributed by atoms with Gasteiger partial charge in [-0.25, -0.2) is 0 Å². The van der Waals surface area contributed by atoms with Crippen molar-refractivity contribution in [1.29, 1.82) is 0 Å². The largest absolute Gasteiger partial charge is 0.326 e. The van der Waals surface area contributed by atoms with Crippen LogP contribution in [-0.4, -0.2) is 0 Å². The third kappa shape index (κ3) is 2.63. The Balaban J connectivity index is 2.99. The maximum absolute atomic E-state index is 5.27. The molecular weight excluding hydrogens is 86.1 g/mol. The van der Waals surface area contributed by atoms with Crippen molar-refractivity contribution in [2.75, 3.05) is 0 Å². The van der Waals surface area contributed by atoms with Crippen LogP contribution in [0.1, 0.15) is 26.7 Å². The van der Waals surface area contributed by atoms with Crippen LogP contribution in [-0.2, 0) is 0 Å². The van der Waals surface area contributed by atoms with Gasteiger partial charge < -0.3 is 5.73 Å². The van der Waals surface area contributed by atoms with Gasteiger partial charge in [-0.2, -0.15) is 0 Å². The van der Waals surface area contributed by atoms with Gasteiger partial charge in [0, 0.05) is 6.54 Å². The smallest absolute Gasteiger partial charge is 0.0223 e. The Bertz CT molecular complexity index is 25.7. The first-order chi connectivity index (χ1) is 3.35. The number of rotatable bonds is 3. The molecule has 0 aromatic rings. The summed E-state index contributed by atoms with van der Waals surface area (Å²) in [6.07, 6.45) is 2.35. The first-order valence-corrected chi connectivity index (χ1v) is 2.90. The molecule has 0 bridgehead atoms. The summed E-state index contributed by atoms with van der Waals surface area (Å²) in [4.78, 5) is 0. The molecule has 7 heavy (non-hydrogen) atoms. The second kappa shape index (κ2) is 4.13. The molecule has 1 radical (unpaired) electrons. The lowest BCUT2D eigenvalue weighted by Crippen LogP contribution is -2.04. The third-order valence-corrected chi connectivity index (χ3v) is 1.32. The van der Waals surface area contributed by atoms with Crippen molar-refractivity contribution in [3.8, 4) is 0 Å². The number of nitrogens with two attached hydrogens (primary N) is 1. The van der Waals surface area contributed by atoms with Gasteiger partial charge in [-0.3, -0.25) is 0 Å². The quantitative estimate of drug-likeness (QED) is 0.572. The Morgan fingerprint density at radius 2 is 1.86 bits per heavy atom. The van der Waals surface area contributed by atoms with Gasteiger partial charge in [0.2, 0.25) is 0 Å². The predicted molar refractivity (Wildman–Crippen MR) is 32.6 cm³/mol. The van der Waals surface area contributed by atoms with E-state index in [2.05, 4.69) is 13.8 Å². The maximum atomic E-state index is 5.27. The summed E-state index contributed by atoms with van der Waals surface area (Å²) in [6, 6.07) is 0. The summed E-state index contributed by atoms with van der Waals surface area (Å²) in [5.74, 6) is 0.639. The van der Waals surface area contributed by atoms with Crippen molar-refractivity contribution >= 4 is 0 Å². The van der Waals surface area contributed by atoms with Gasteiger partial charge in [0.15, 0.2) is 0 Å². The highest BCUT2D eigenvalue weighted by molar-refractivity contribution is 4.65. The van der Waals surface area contributed by atoms with E-state index < -0.39 is 0 Å². The van der Waals surface area contributed by atoms with Crippen LogP contribution >= 0.6 is 0 Å². The van der Waals surface area contributed by atoms with E-state index >= 15 is 0 Å². The summed E-state index contributed by atoms with van der Waals surface area (Å²) < 4.78 is 0. The zero-order chi connectivity index (χ0) is 5.70. The Labute approximate surface area is 45.9 Å². The highest BCUT2D eigenvalue weighted by Crippen LogP contribution is 2.06. The zero-order valence-electron chi connectivity index (χ0n) is 5.15. The van der Waals surface area contributed by atoms with Crippen LogP contribution in [0.4, 0.5) is 0 Å². The molecular formula is C6H14N. The molecule has 0 saturated heterocycles. The molecule has 0 amide bonds. The van der Waals surface area contributed by atoms with Crippen LogP contribution < -0.4 is 5.73 Å². The van der Waals surface area contributed by atoms with Gasteiger partial charge in [-0.15, -0.1) is 0 Å². The Kier molecular flexibility index (Phi) is 4.10. The minimum atomic E-state index is 0.639. The summed E-state index contributed by atoms with van der Waals surface area (Å²) in [5.41, 5.74) is 5.27. The molecule has 0 fully saturated rings. The van der Waals surface area contributed by atoms with Crippen LogP contribution in [0.2, 0.25) is 0 Å². The molecule has 0 aliphatic heterocycles. The molecule has 0 saturated carbocycles. The van der Waals surface area contributed by atoms with Crippen molar-refractivity contribution in [3.63, 3.8) is 0 Å². The standard InChI is InChI=1S/C6H14N/c1-3-6(4-2)5-7/h5-6H,3-4,7H2,1-2H3. The Hall–Kier alpha value is -0.0400. The first kappa shape index (κ1) is 6.96. The molecule has 0 unspecified atom stereocenters. The summed E-state index contributed by atoms with van der Waals surface area (Å²) >= 11 is 0. The Morgan fingerprint density at radius 3 is 1.86 bits per heavy atom. The van der Waals surface area contributed by atoms with E-state index in [1.54, 1.807) is 6.54 Å². The average molecular weight is 100 g/mol. The molecule has 1 nitrogen and oxygen atoms in total. The minimum Gasteiger partial charge on any atom is -0.326 e. The predicted octanol–water partition coefficient (Wildman–Crippen LogP) is 1.54. The molecule has 0 spiro atoms. The number of hydrogen-bond donors (Lipinski definition) is 1. The van der Waals surface area contributed by atoms with Crippen LogP contribution in [0.15, 0.2) is 0 Å². The topological polar surface area (TPSA) is 26.0 Å². The highest BCUT2D eigenvalue weighted by Gasteiger charge is 1.96. The van der Waals surface area contributed by atoms with E-state index in [1.807, 2.05) is 0 Å². The molecule has 0 rings (SSSR count). The van der Waals surface area contributed by atoms with E-state index in [9.17, 15) is 0 Å². The normalized spacial score (nSPS) is 10.3. The SMILES string of the molecule is CCC([CH]N)CC. The van der Waals surface area contributed by atoms with Gasteiger partial charge >= 0.3 is 0 Å². The molecule has 0 aliphatic rings. The molecule has 0 aromatic carbocycles. The zero-order valence-corrected chi connectivity index (χ0v) is 5.15. The lowest BCUT2D eigenvalue weighted by Gasteiger charge is -2.04. The van der Waals surface area contributed by atoms with E-state index in [-0.39, 0.29) is 0 Å². The van der Waals surface area contributed by atoms with E-state index in [4.69, 9.17) is 5.73 Å². The molecule has 0 aromatic heterocycles. The second-order valence-electron chi connectivity index (χ2n) is 1.77. The number of hydrogen-bond acceptors (Lipinski definition) is 1. The molecule has 0 aliphatic carbocycles. The van der Waals surface area contributed by atoms with Gasteiger partial charge in [-0.05, 0) is 5.92 Å². The Morgan fingerprint density at radius 1 is 1.43 bits per heavy atom. The van der Waals surface area contributed by atoms with Crippen LogP contribution in [0, 0.1) is 12.5 Å². The van der Waals surface area contributed by atoms with Crippen molar-refractivity contribution in [2.24, 2.45) is 11.7 Å². The van der Waals surface area contributed by atoms with Crippen LogP contribution in [0.25, 0.3) is 0 Å². The van der Waals surface area contributed by atoms with Crippen molar-refractivity contribution in [2.45, 2.75) is 26.7 Å². The third-order valence-electron chi connectivity index (χ3n) is 1.32. The first-order valence-electron chi connectivity index (χ1n) is 2.90.